The van der Waals surface area contributed by atoms with E-state index in [2.05, 4.69) is 32.7 Å². The number of anilines is 1. The molecular formula is C25H29N5O5. The normalized spacial score (nSPS) is 13.2. The summed E-state index contributed by atoms with van der Waals surface area (Å²) in [5.74, 6) is 2.87. The van der Waals surface area contributed by atoms with Crippen molar-refractivity contribution in [1.29, 1.82) is 0 Å². The van der Waals surface area contributed by atoms with Crippen LogP contribution >= 0.6 is 0 Å². The lowest BCUT2D eigenvalue weighted by atomic mass is 10.2. The minimum absolute atomic E-state index is 0.117. The number of pyridine rings is 1. The van der Waals surface area contributed by atoms with Crippen LogP contribution in [0.4, 0.5) is 11.5 Å². The minimum Gasteiger partial charge on any atom is -0.497 e. The van der Waals surface area contributed by atoms with Gasteiger partial charge in [-0.2, -0.15) is 0 Å². The van der Waals surface area contributed by atoms with Crippen LogP contribution in [0.3, 0.4) is 0 Å². The fourth-order valence-corrected chi connectivity index (χ4v) is 3.08. The van der Waals surface area contributed by atoms with E-state index < -0.39 is 0 Å². The van der Waals surface area contributed by atoms with Crippen molar-refractivity contribution in [3.05, 3.63) is 78.4 Å². The summed E-state index contributed by atoms with van der Waals surface area (Å²) in [7, 11) is 3.13. The molecule has 10 heteroatoms. The van der Waals surface area contributed by atoms with Crippen LogP contribution in [-0.4, -0.2) is 51.2 Å². The molecule has 1 aliphatic rings. The lowest BCUT2D eigenvalue weighted by Crippen LogP contribution is -2.37. The molecule has 10 nitrogen and oxygen atoms in total. The van der Waals surface area contributed by atoms with Crippen molar-refractivity contribution in [2.24, 2.45) is 4.99 Å². The van der Waals surface area contributed by atoms with Gasteiger partial charge in [0, 0.05) is 30.4 Å². The molecule has 0 aliphatic carbocycles. The predicted molar refractivity (Wildman–Crippen MR) is 134 cm³/mol. The Balaban J connectivity index is 1.51. The predicted octanol–water partition coefficient (Wildman–Crippen LogP) is 3.03. The number of rotatable bonds is 12. The van der Waals surface area contributed by atoms with E-state index in [1.54, 1.807) is 56.8 Å². The highest BCUT2D eigenvalue weighted by atomic mass is 16.6. The quantitative estimate of drug-likeness (QED) is 0.140. The van der Waals surface area contributed by atoms with Gasteiger partial charge in [-0.3, -0.25) is 15.6 Å². The van der Waals surface area contributed by atoms with Gasteiger partial charge in [0.15, 0.2) is 11.5 Å². The van der Waals surface area contributed by atoms with Crippen molar-refractivity contribution < 1.29 is 23.7 Å². The lowest BCUT2D eigenvalue weighted by Gasteiger charge is -2.18. The summed E-state index contributed by atoms with van der Waals surface area (Å²) in [4.78, 5) is 21.0. The summed E-state index contributed by atoms with van der Waals surface area (Å²) in [5, 5.41) is 3.19. The van der Waals surface area contributed by atoms with Gasteiger partial charge in [-0.25, -0.2) is 9.98 Å². The van der Waals surface area contributed by atoms with Crippen molar-refractivity contribution in [1.82, 2.24) is 15.8 Å². The van der Waals surface area contributed by atoms with Crippen molar-refractivity contribution in [2.45, 2.75) is 6.42 Å². The maximum atomic E-state index is 12.4. The Morgan fingerprint density at radius 1 is 1.17 bits per heavy atom. The van der Waals surface area contributed by atoms with E-state index >= 15 is 0 Å². The first-order chi connectivity index (χ1) is 17.1. The summed E-state index contributed by atoms with van der Waals surface area (Å²) in [6, 6.07) is 8.98. The zero-order chi connectivity index (χ0) is 24.9. The number of aromatic nitrogens is 1. The molecule has 35 heavy (non-hydrogen) atoms. The maximum Gasteiger partial charge on any atom is 0.242 e. The number of amides is 1. The maximum absolute atomic E-state index is 12.4. The molecule has 1 aromatic heterocycles. The molecule has 0 saturated carbocycles. The highest BCUT2D eigenvalue weighted by molar-refractivity contribution is 5.81. The molecule has 0 bridgehead atoms. The summed E-state index contributed by atoms with van der Waals surface area (Å²) >= 11 is 0. The van der Waals surface area contributed by atoms with E-state index in [4.69, 9.17) is 18.9 Å². The van der Waals surface area contributed by atoms with Crippen molar-refractivity contribution in [3.8, 4) is 11.5 Å². The molecule has 0 spiro atoms. The zero-order valence-corrected chi connectivity index (χ0v) is 19.7. The van der Waals surface area contributed by atoms with Gasteiger partial charge in [0.1, 0.15) is 36.9 Å². The van der Waals surface area contributed by atoms with Gasteiger partial charge in [0.2, 0.25) is 5.91 Å². The van der Waals surface area contributed by atoms with Crippen LogP contribution in [0.15, 0.2) is 77.8 Å². The lowest BCUT2D eigenvalue weighted by molar-refractivity contribution is -0.120. The van der Waals surface area contributed by atoms with E-state index in [0.717, 1.165) is 5.56 Å². The fraction of sp³-hybridized carbons (Fsp3) is 0.240. The number of allylic oxidation sites excluding steroid dienone is 2. The highest BCUT2D eigenvalue weighted by Gasteiger charge is 2.11. The number of methoxy groups -OCH3 is 2. The number of ether oxygens (including phenoxy) is 4. The number of benzene rings is 1. The third kappa shape index (κ3) is 7.81. The number of nitrogens with zero attached hydrogens (tertiary/aromatic N) is 2. The topological polar surface area (TPSA) is 115 Å². The second-order valence-corrected chi connectivity index (χ2v) is 7.11. The molecule has 2 heterocycles. The zero-order valence-electron chi connectivity index (χ0n) is 19.7. The summed E-state index contributed by atoms with van der Waals surface area (Å²) in [6.45, 7) is 5.15. The summed E-state index contributed by atoms with van der Waals surface area (Å²) < 4.78 is 21.5. The van der Waals surface area contributed by atoms with Crippen molar-refractivity contribution in [3.63, 3.8) is 0 Å². The summed E-state index contributed by atoms with van der Waals surface area (Å²) in [5.41, 5.74) is 6.69. The Labute approximate surface area is 204 Å². The Morgan fingerprint density at radius 3 is 2.74 bits per heavy atom. The number of nitrogens with one attached hydrogen (secondary N) is 3. The first-order valence-corrected chi connectivity index (χ1v) is 10.9. The van der Waals surface area contributed by atoms with Crippen molar-refractivity contribution >= 4 is 23.8 Å². The average Bonchev–Trinajstić information content (AvgIpc) is 2.89. The molecule has 1 aromatic carbocycles. The average molecular weight is 480 g/mol. The number of carbonyl (C=O) groups excluding carboxylic acids is 1. The van der Waals surface area contributed by atoms with Crippen LogP contribution in [0, 0.1) is 0 Å². The largest absolute Gasteiger partial charge is 0.497 e. The molecule has 3 rings (SSSR count). The second-order valence-electron chi connectivity index (χ2n) is 7.11. The van der Waals surface area contributed by atoms with E-state index in [0.29, 0.717) is 54.3 Å². The van der Waals surface area contributed by atoms with Crippen molar-refractivity contribution in [2.75, 3.05) is 39.3 Å². The van der Waals surface area contributed by atoms with Crippen LogP contribution in [-0.2, 0) is 20.7 Å². The molecule has 184 valence electrons. The van der Waals surface area contributed by atoms with Gasteiger partial charge in [-0.15, -0.1) is 0 Å². The molecule has 3 N–H and O–H groups in total. The number of hydrogen-bond donors (Lipinski definition) is 3. The standard InChI is InChI=1S/C25H29N5O5/c1-4-20(32-2)16-21(33-3)9-11-27-25-18(6-5-10-26-25)14-24(31)30-29-17-28-19-7-8-22-23(15-19)35-13-12-34-22/h4-10,15-17H,1,11-14H2,2-3H3,(H,26,27)(H,28,29)(H,30,31)/b20-16+,21-9+. The molecule has 1 aliphatic heterocycles. The Hall–Kier alpha value is -4.47. The SMILES string of the molecule is C=C/C(=C\C(=C/CNc1ncccc1CC(=O)NNC=Nc1ccc2c(c1)OCCO2)OC)OC. The van der Waals surface area contributed by atoms with Crippen LogP contribution in [0.1, 0.15) is 5.56 Å². The van der Waals surface area contributed by atoms with Gasteiger partial charge in [0.05, 0.1) is 26.3 Å². The number of hydrogen-bond acceptors (Lipinski definition) is 8. The number of fused-ring (bicyclic) bond motifs is 1. The summed E-state index contributed by atoms with van der Waals surface area (Å²) in [6.07, 6.45) is 8.31. The van der Waals surface area contributed by atoms with Gasteiger partial charge in [0.25, 0.3) is 0 Å². The van der Waals surface area contributed by atoms with E-state index in [-0.39, 0.29) is 12.3 Å². The van der Waals surface area contributed by atoms with E-state index in [1.165, 1.54) is 6.34 Å². The smallest absolute Gasteiger partial charge is 0.242 e. The van der Waals surface area contributed by atoms with Gasteiger partial charge >= 0.3 is 0 Å². The molecule has 2 aromatic rings. The highest BCUT2D eigenvalue weighted by Crippen LogP contribution is 2.33. The Kier molecular flexibility index (Phi) is 9.55. The first-order valence-electron chi connectivity index (χ1n) is 10.9. The fourth-order valence-electron chi connectivity index (χ4n) is 3.08. The van der Waals surface area contributed by atoms with Crippen LogP contribution in [0.25, 0.3) is 0 Å². The molecular weight excluding hydrogens is 450 g/mol. The molecule has 0 unspecified atom stereocenters. The molecule has 0 atom stereocenters. The number of aliphatic imine (C=N–C) groups is 1. The third-order valence-electron chi connectivity index (χ3n) is 4.79. The number of carbonyl (C=O) groups is 1. The van der Waals surface area contributed by atoms with Crippen LogP contribution in [0.2, 0.25) is 0 Å². The molecule has 0 fully saturated rings. The van der Waals surface area contributed by atoms with Crippen LogP contribution in [0.5, 0.6) is 11.5 Å². The van der Waals surface area contributed by atoms with Gasteiger partial charge in [-0.1, -0.05) is 12.6 Å². The third-order valence-corrected chi connectivity index (χ3v) is 4.79. The Morgan fingerprint density at radius 2 is 1.97 bits per heavy atom. The van der Waals surface area contributed by atoms with E-state index in [1.807, 2.05) is 12.1 Å². The van der Waals surface area contributed by atoms with E-state index in [9.17, 15) is 4.79 Å². The van der Waals surface area contributed by atoms with Gasteiger partial charge in [-0.05, 0) is 30.4 Å². The Bertz CT molecular complexity index is 1110. The molecule has 0 radical (unpaired) electrons. The monoisotopic (exact) mass is 479 g/mol. The molecule has 1 amide bonds. The first kappa shape index (κ1) is 25.2. The molecule has 0 saturated heterocycles. The minimum atomic E-state index is -0.249. The van der Waals surface area contributed by atoms with Gasteiger partial charge < -0.3 is 24.3 Å². The number of hydrazine groups is 1. The second kappa shape index (κ2) is 13.3. The van der Waals surface area contributed by atoms with Crippen LogP contribution < -0.4 is 25.6 Å².